The van der Waals surface area contributed by atoms with Crippen LogP contribution in [0.5, 0.6) is 0 Å². The predicted octanol–water partition coefficient (Wildman–Crippen LogP) is -1.28. The summed E-state index contributed by atoms with van der Waals surface area (Å²) in [5.41, 5.74) is 10.7. The largest absolute Gasteiger partial charge is 0.481 e. The van der Waals surface area contributed by atoms with Crippen LogP contribution in [0.15, 0.2) is 0 Å². The van der Waals surface area contributed by atoms with Crippen LogP contribution in [0.3, 0.4) is 0 Å². The number of thioether (sulfide) groups is 1. The molecule has 11 nitrogen and oxygen atoms in total. The highest BCUT2D eigenvalue weighted by molar-refractivity contribution is 8.00. The maximum absolute atomic E-state index is 12.0. The molecule has 0 aliphatic rings. The number of carbonyl (C=O) groups is 5. The van der Waals surface area contributed by atoms with Gasteiger partial charge in [-0.3, -0.25) is 24.0 Å². The van der Waals surface area contributed by atoms with Gasteiger partial charge in [0.1, 0.15) is 6.04 Å². The normalized spacial score (nSPS) is 13.8. The molecule has 0 saturated carbocycles. The molecule has 0 heterocycles. The highest BCUT2D eigenvalue weighted by atomic mass is 32.2. The van der Waals surface area contributed by atoms with E-state index in [9.17, 15) is 24.0 Å². The molecule has 0 bridgehead atoms. The number of carbonyl (C=O) groups excluding carboxylic acids is 3. The van der Waals surface area contributed by atoms with Crippen molar-refractivity contribution in [2.45, 2.75) is 49.4 Å². The maximum Gasteiger partial charge on any atom is 0.320 e. The van der Waals surface area contributed by atoms with E-state index >= 15 is 0 Å². The smallest absolute Gasteiger partial charge is 0.320 e. The van der Waals surface area contributed by atoms with Crippen LogP contribution < -0.4 is 16.8 Å². The summed E-state index contributed by atoms with van der Waals surface area (Å²) in [6.45, 7) is -0.322. The summed E-state index contributed by atoms with van der Waals surface area (Å²) >= 11 is 1.16. The Hall–Kier alpha value is -2.18. The Morgan fingerprint density at radius 2 is 1.75 bits per heavy atom. The van der Waals surface area contributed by atoms with E-state index in [-0.39, 0.29) is 44.4 Å². The molecule has 3 atom stereocenters. The summed E-state index contributed by atoms with van der Waals surface area (Å²) in [6.07, 6.45) is -0.304. The first-order valence-electron chi connectivity index (χ1n) is 8.51. The van der Waals surface area contributed by atoms with E-state index in [0.29, 0.717) is 0 Å². The highest BCUT2D eigenvalue weighted by Gasteiger charge is 2.24. The number of amides is 1. The summed E-state index contributed by atoms with van der Waals surface area (Å²) < 4.78 is 4.58. The van der Waals surface area contributed by atoms with Crippen molar-refractivity contribution >= 4 is 41.4 Å². The molecule has 0 fully saturated rings. The zero-order chi connectivity index (χ0) is 21.7. The number of aliphatic carboxylic acids is 2. The topological polar surface area (TPSA) is 199 Å². The Balaban J connectivity index is 4.82. The number of nitrogens with one attached hydrogen (secondary N) is 1. The van der Waals surface area contributed by atoms with Gasteiger partial charge in [-0.15, -0.1) is 0 Å². The third kappa shape index (κ3) is 11.5. The number of hydrogen-bond acceptors (Lipinski definition) is 9. The standard InChI is InChI=1S/C16H27N3O8S/c1-27-15(24)6-9(2-5-14(22)23)28-8-11(12(20)7-17)19-13(21)4-3-10(18)16(25)26/h9-11H,2-8,17-18H2,1H3,(H,19,21)(H,22,23)(H,25,26). The van der Waals surface area contributed by atoms with Crippen molar-refractivity contribution < 1.29 is 38.9 Å². The third-order valence-electron chi connectivity index (χ3n) is 3.73. The lowest BCUT2D eigenvalue weighted by atomic mass is 10.1. The van der Waals surface area contributed by atoms with Gasteiger partial charge in [-0.25, -0.2) is 0 Å². The molecule has 0 saturated heterocycles. The van der Waals surface area contributed by atoms with Crippen molar-refractivity contribution in [1.29, 1.82) is 0 Å². The van der Waals surface area contributed by atoms with E-state index < -0.39 is 46.9 Å². The number of ether oxygens (including phenoxy) is 1. The molecular weight excluding hydrogens is 394 g/mol. The van der Waals surface area contributed by atoms with Crippen LogP contribution in [0.1, 0.15) is 32.1 Å². The van der Waals surface area contributed by atoms with Gasteiger partial charge in [-0.1, -0.05) is 0 Å². The molecule has 160 valence electrons. The van der Waals surface area contributed by atoms with Gasteiger partial charge >= 0.3 is 17.9 Å². The van der Waals surface area contributed by atoms with Crippen LogP contribution in [0.4, 0.5) is 0 Å². The number of esters is 1. The molecule has 0 rings (SSSR count). The number of rotatable bonds is 15. The number of nitrogens with two attached hydrogens (primary N) is 2. The second-order valence-corrected chi connectivity index (χ2v) is 7.28. The molecule has 7 N–H and O–H groups in total. The van der Waals surface area contributed by atoms with Gasteiger partial charge in [-0.2, -0.15) is 11.8 Å². The van der Waals surface area contributed by atoms with Crippen LogP contribution in [0.25, 0.3) is 0 Å². The Kier molecular flexibility index (Phi) is 12.8. The van der Waals surface area contributed by atoms with Crippen molar-refractivity contribution in [2.75, 3.05) is 19.4 Å². The number of ketones is 1. The van der Waals surface area contributed by atoms with Crippen molar-refractivity contribution in [3.63, 3.8) is 0 Å². The van der Waals surface area contributed by atoms with E-state index in [0.717, 1.165) is 11.8 Å². The van der Waals surface area contributed by atoms with Gasteiger partial charge < -0.3 is 31.7 Å². The Labute approximate surface area is 166 Å². The van der Waals surface area contributed by atoms with Crippen molar-refractivity contribution in [1.82, 2.24) is 5.32 Å². The first-order valence-corrected chi connectivity index (χ1v) is 9.56. The number of methoxy groups -OCH3 is 1. The lowest BCUT2D eigenvalue weighted by Crippen LogP contribution is -2.46. The molecule has 1 amide bonds. The molecule has 0 aromatic carbocycles. The molecule has 0 radical (unpaired) electrons. The quantitative estimate of drug-likeness (QED) is 0.197. The predicted molar refractivity (Wildman–Crippen MR) is 101 cm³/mol. The Morgan fingerprint density at radius 3 is 2.25 bits per heavy atom. The zero-order valence-corrected chi connectivity index (χ0v) is 16.4. The fraction of sp³-hybridized carbons (Fsp3) is 0.688. The van der Waals surface area contributed by atoms with Gasteiger partial charge in [0, 0.05) is 23.8 Å². The lowest BCUT2D eigenvalue weighted by molar-refractivity contribution is -0.141. The van der Waals surface area contributed by atoms with Gasteiger partial charge in [0.05, 0.1) is 26.1 Å². The summed E-state index contributed by atoms with van der Waals surface area (Å²) in [4.78, 5) is 56.9. The Bertz CT molecular complexity index is 572. The van der Waals surface area contributed by atoms with Crippen molar-refractivity contribution in [3.8, 4) is 0 Å². The average molecular weight is 421 g/mol. The molecule has 12 heteroatoms. The minimum atomic E-state index is -1.23. The summed E-state index contributed by atoms with van der Waals surface area (Å²) in [5, 5.41) is 19.6. The van der Waals surface area contributed by atoms with Gasteiger partial charge in [0.15, 0.2) is 5.78 Å². The summed E-state index contributed by atoms with van der Waals surface area (Å²) in [6, 6.07) is -2.14. The van der Waals surface area contributed by atoms with E-state index in [4.69, 9.17) is 21.7 Å². The van der Waals surface area contributed by atoms with E-state index in [2.05, 4.69) is 10.1 Å². The van der Waals surface area contributed by atoms with Gasteiger partial charge in [0.25, 0.3) is 0 Å². The van der Waals surface area contributed by atoms with Gasteiger partial charge in [-0.05, 0) is 12.8 Å². The van der Waals surface area contributed by atoms with Crippen LogP contribution in [-0.4, -0.2) is 76.6 Å². The van der Waals surface area contributed by atoms with Gasteiger partial charge in [0.2, 0.25) is 5.91 Å². The Morgan fingerprint density at radius 1 is 1.11 bits per heavy atom. The number of hydrogen-bond donors (Lipinski definition) is 5. The minimum absolute atomic E-state index is 0.0423. The maximum atomic E-state index is 12.0. The van der Waals surface area contributed by atoms with E-state index in [1.165, 1.54) is 7.11 Å². The second-order valence-electron chi connectivity index (χ2n) is 5.94. The van der Waals surface area contributed by atoms with E-state index in [1.54, 1.807) is 0 Å². The van der Waals surface area contributed by atoms with Crippen LogP contribution >= 0.6 is 11.8 Å². The lowest BCUT2D eigenvalue weighted by Gasteiger charge is -2.20. The van der Waals surface area contributed by atoms with E-state index in [1.807, 2.05) is 0 Å². The van der Waals surface area contributed by atoms with Crippen molar-refractivity contribution in [2.24, 2.45) is 11.5 Å². The monoisotopic (exact) mass is 421 g/mol. The number of Topliss-reactive ketones (excluding diaryl/α,β-unsaturated/α-hetero) is 1. The summed E-state index contributed by atoms with van der Waals surface area (Å²) in [5.74, 6) is -3.70. The summed E-state index contributed by atoms with van der Waals surface area (Å²) in [7, 11) is 1.21. The fourth-order valence-corrected chi connectivity index (χ4v) is 3.34. The molecular formula is C16H27N3O8S. The molecule has 3 unspecified atom stereocenters. The van der Waals surface area contributed by atoms with Crippen LogP contribution in [0.2, 0.25) is 0 Å². The SMILES string of the molecule is COC(=O)CC(CCC(=O)O)SCC(NC(=O)CCC(N)C(=O)O)C(=O)CN. The molecule has 0 aromatic heterocycles. The second kappa shape index (κ2) is 13.9. The third-order valence-corrected chi connectivity index (χ3v) is 5.13. The number of carboxylic acids is 2. The van der Waals surface area contributed by atoms with Crippen LogP contribution in [-0.2, 0) is 28.7 Å². The van der Waals surface area contributed by atoms with Crippen molar-refractivity contribution in [3.05, 3.63) is 0 Å². The van der Waals surface area contributed by atoms with Crippen LogP contribution in [0, 0.1) is 0 Å². The molecule has 0 aliphatic heterocycles. The minimum Gasteiger partial charge on any atom is -0.481 e. The molecule has 0 aliphatic carbocycles. The molecule has 28 heavy (non-hydrogen) atoms. The molecule has 0 spiro atoms. The number of carboxylic acid groups (broad SMARTS) is 2. The highest BCUT2D eigenvalue weighted by Crippen LogP contribution is 2.22. The molecule has 0 aromatic rings. The fourth-order valence-electron chi connectivity index (χ4n) is 2.06. The zero-order valence-electron chi connectivity index (χ0n) is 15.6. The first kappa shape index (κ1) is 25.8. The average Bonchev–Trinajstić information content (AvgIpc) is 2.65. The first-order chi connectivity index (χ1) is 13.1.